The van der Waals surface area contributed by atoms with Gasteiger partial charge in [0.25, 0.3) is 0 Å². The van der Waals surface area contributed by atoms with E-state index < -0.39 is 0 Å². The molecule has 126 valence electrons. The zero-order chi connectivity index (χ0) is 16.2. The summed E-state index contributed by atoms with van der Waals surface area (Å²) in [7, 11) is 0. The number of nitrogens with zero attached hydrogens (tertiary/aromatic N) is 4. The highest BCUT2D eigenvalue weighted by atomic mass is 15.4. The molecule has 3 heterocycles. The lowest BCUT2D eigenvalue weighted by Crippen LogP contribution is -2.35. The summed E-state index contributed by atoms with van der Waals surface area (Å²) in [6.45, 7) is 6.35. The number of hydrogen-bond acceptors (Lipinski definition) is 7. The van der Waals surface area contributed by atoms with Crippen LogP contribution in [0.15, 0.2) is 6.20 Å². The van der Waals surface area contributed by atoms with E-state index in [0.29, 0.717) is 29.5 Å². The Morgan fingerprint density at radius 3 is 2.96 bits per heavy atom. The topological polar surface area (TPSA) is 105 Å². The highest BCUT2D eigenvalue weighted by Crippen LogP contribution is 2.19. The Bertz CT molecular complexity index is 646. The van der Waals surface area contributed by atoms with Gasteiger partial charge in [0.1, 0.15) is 5.82 Å². The smallest absolute Gasteiger partial charge is 0.243 e. The highest BCUT2D eigenvalue weighted by Gasteiger charge is 2.17. The van der Waals surface area contributed by atoms with E-state index in [4.69, 9.17) is 5.73 Å². The van der Waals surface area contributed by atoms with E-state index in [0.717, 1.165) is 44.6 Å². The van der Waals surface area contributed by atoms with Gasteiger partial charge in [0, 0.05) is 12.1 Å². The van der Waals surface area contributed by atoms with Crippen LogP contribution in [0.5, 0.6) is 0 Å². The minimum Gasteiger partial charge on any atom is -0.380 e. The minimum atomic E-state index is 0.307. The van der Waals surface area contributed by atoms with Crippen molar-refractivity contribution in [3.63, 3.8) is 0 Å². The van der Waals surface area contributed by atoms with Crippen molar-refractivity contribution in [1.29, 1.82) is 0 Å². The number of nitrogens with one attached hydrogen (secondary N) is 3. The number of fused-ring (bicyclic) bond motifs is 1. The quantitative estimate of drug-likeness (QED) is 0.639. The highest BCUT2D eigenvalue weighted by molar-refractivity contribution is 5.64. The van der Waals surface area contributed by atoms with Gasteiger partial charge >= 0.3 is 0 Å². The lowest BCUT2D eigenvalue weighted by molar-refractivity contribution is 0.477. The number of piperidine rings is 1. The average Bonchev–Trinajstić information content (AvgIpc) is 2.92. The molecule has 0 amide bonds. The van der Waals surface area contributed by atoms with E-state index in [2.05, 4.69) is 44.9 Å². The first-order valence-electron chi connectivity index (χ1n) is 8.42. The fourth-order valence-electron chi connectivity index (χ4n) is 2.96. The molecule has 1 saturated heterocycles. The zero-order valence-electron chi connectivity index (χ0n) is 13.8. The van der Waals surface area contributed by atoms with Gasteiger partial charge < -0.3 is 21.7 Å². The minimum absolute atomic E-state index is 0.307. The van der Waals surface area contributed by atoms with Gasteiger partial charge in [-0.15, -0.1) is 5.10 Å². The first kappa shape index (κ1) is 15.8. The maximum absolute atomic E-state index is 6.04. The van der Waals surface area contributed by atoms with Gasteiger partial charge in [-0.1, -0.05) is 13.3 Å². The summed E-state index contributed by atoms with van der Waals surface area (Å²) in [5.41, 5.74) is 6.63. The fourth-order valence-corrected chi connectivity index (χ4v) is 2.96. The number of rotatable bonds is 6. The molecular formula is C15H26N8. The van der Waals surface area contributed by atoms with Crippen molar-refractivity contribution in [3.8, 4) is 0 Å². The van der Waals surface area contributed by atoms with Crippen LogP contribution in [0.25, 0.3) is 5.65 Å². The Labute approximate surface area is 136 Å². The van der Waals surface area contributed by atoms with Gasteiger partial charge in [-0.05, 0) is 39.3 Å². The lowest BCUT2D eigenvalue weighted by Gasteiger charge is -2.24. The van der Waals surface area contributed by atoms with Crippen LogP contribution in [0.2, 0.25) is 0 Å². The number of nitrogen functional groups attached to an aromatic ring is 1. The molecule has 23 heavy (non-hydrogen) atoms. The molecule has 8 heteroatoms. The normalized spacial score (nSPS) is 17.3. The van der Waals surface area contributed by atoms with Crippen LogP contribution in [0.1, 0.15) is 39.5 Å². The van der Waals surface area contributed by atoms with Gasteiger partial charge in [-0.3, -0.25) is 0 Å². The third-order valence-electron chi connectivity index (χ3n) is 4.18. The molecule has 0 unspecified atom stereocenters. The standard InChI is InChI=1S/C15H26N8/c1-3-4-10(2)19-15-21-13(16)14-18-9-12(23(14)22-15)20-11-5-7-17-8-6-11/h9-11,17,20H,3-8H2,1-2H3,(H3,16,19,21,22)/t10-/m0/s1. The van der Waals surface area contributed by atoms with Crippen molar-refractivity contribution < 1.29 is 0 Å². The molecule has 5 N–H and O–H groups in total. The molecule has 1 aliphatic rings. The summed E-state index contributed by atoms with van der Waals surface area (Å²) in [6.07, 6.45) is 6.13. The second-order valence-corrected chi connectivity index (χ2v) is 6.20. The fraction of sp³-hybridized carbons (Fsp3) is 0.667. The Hall–Kier alpha value is -2.09. The zero-order valence-corrected chi connectivity index (χ0v) is 13.8. The molecule has 2 aromatic rings. The maximum Gasteiger partial charge on any atom is 0.243 e. The Balaban J connectivity index is 1.83. The van der Waals surface area contributed by atoms with Crippen LogP contribution in [-0.4, -0.2) is 44.8 Å². The molecule has 0 spiro atoms. The van der Waals surface area contributed by atoms with Crippen molar-refractivity contribution in [3.05, 3.63) is 6.20 Å². The molecular weight excluding hydrogens is 292 g/mol. The van der Waals surface area contributed by atoms with Gasteiger partial charge in [0.2, 0.25) is 5.95 Å². The van der Waals surface area contributed by atoms with E-state index >= 15 is 0 Å². The first-order chi connectivity index (χ1) is 11.2. The molecule has 0 bridgehead atoms. The van der Waals surface area contributed by atoms with Gasteiger partial charge in [0.15, 0.2) is 11.5 Å². The second-order valence-electron chi connectivity index (χ2n) is 6.20. The third kappa shape index (κ3) is 3.64. The number of imidazole rings is 1. The van der Waals surface area contributed by atoms with E-state index in [-0.39, 0.29) is 0 Å². The molecule has 3 rings (SSSR count). The third-order valence-corrected chi connectivity index (χ3v) is 4.18. The SMILES string of the molecule is CCC[C@H](C)Nc1nc(N)c2ncc(NC3CCNCC3)n2n1. The van der Waals surface area contributed by atoms with E-state index in [1.165, 1.54) is 0 Å². The van der Waals surface area contributed by atoms with E-state index in [9.17, 15) is 0 Å². The lowest BCUT2D eigenvalue weighted by atomic mass is 10.1. The van der Waals surface area contributed by atoms with Gasteiger partial charge in [-0.2, -0.15) is 9.50 Å². The molecule has 1 fully saturated rings. The molecule has 8 nitrogen and oxygen atoms in total. The number of nitrogens with two attached hydrogens (primary N) is 1. The summed E-state index contributed by atoms with van der Waals surface area (Å²) < 4.78 is 1.76. The predicted molar refractivity (Wildman–Crippen MR) is 92.7 cm³/mol. The Morgan fingerprint density at radius 1 is 1.43 bits per heavy atom. The Morgan fingerprint density at radius 2 is 2.22 bits per heavy atom. The number of anilines is 3. The van der Waals surface area contributed by atoms with Crippen LogP contribution in [0.4, 0.5) is 17.6 Å². The molecule has 1 atom stereocenters. The van der Waals surface area contributed by atoms with E-state index in [1.54, 1.807) is 10.7 Å². The monoisotopic (exact) mass is 318 g/mol. The van der Waals surface area contributed by atoms with Crippen molar-refractivity contribution >= 4 is 23.2 Å². The predicted octanol–water partition coefficient (Wildman–Crippen LogP) is 1.47. The van der Waals surface area contributed by atoms with Crippen LogP contribution in [0, 0.1) is 0 Å². The average molecular weight is 318 g/mol. The molecule has 0 saturated carbocycles. The maximum atomic E-state index is 6.04. The first-order valence-corrected chi connectivity index (χ1v) is 8.42. The van der Waals surface area contributed by atoms with Crippen molar-refractivity contribution in [2.45, 2.75) is 51.6 Å². The number of hydrogen-bond donors (Lipinski definition) is 4. The largest absolute Gasteiger partial charge is 0.380 e. The van der Waals surface area contributed by atoms with Crippen LogP contribution >= 0.6 is 0 Å². The summed E-state index contributed by atoms with van der Waals surface area (Å²) in [5, 5.41) is 14.8. The molecule has 0 radical (unpaired) electrons. The summed E-state index contributed by atoms with van der Waals surface area (Å²) in [4.78, 5) is 8.67. The van der Waals surface area contributed by atoms with Gasteiger partial charge in [0.05, 0.1) is 6.20 Å². The van der Waals surface area contributed by atoms with E-state index in [1.807, 2.05) is 0 Å². The van der Waals surface area contributed by atoms with Crippen LogP contribution in [-0.2, 0) is 0 Å². The second kappa shape index (κ2) is 6.99. The van der Waals surface area contributed by atoms with Crippen LogP contribution in [0.3, 0.4) is 0 Å². The summed E-state index contributed by atoms with van der Waals surface area (Å²) in [5.74, 6) is 1.80. The molecule has 0 aliphatic carbocycles. The van der Waals surface area contributed by atoms with Crippen molar-refractivity contribution in [1.82, 2.24) is 24.9 Å². The molecule has 2 aromatic heterocycles. The summed E-state index contributed by atoms with van der Waals surface area (Å²) in [6, 6.07) is 0.740. The summed E-state index contributed by atoms with van der Waals surface area (Å²) >= 11 is 0. The van der Waals surface area contributed by atoms with Crippen molar-refractivity contribution in [2.75, 3.05) is 29.5 Å². The number of aromatic nitrogens is 4. The van der Waals surface area contributed by atoms with Gasteiger partial charge in [-0.25, -0.2) is 4.98 Å². The van der Waals surface area contributed by atoms with Crippen LogP contribution < -0.4 is 21.7 Å². The molecule has 1 aliphatic heterocycles. The van der Waals surface area contributed by atoms with Crippen molar-refractivity contribution in [2.24, 2.45) is 0 Å². The molecule has 0 aromatic carbocycles. The Kier molecular flexibility index (Phi) is 4.80.